The van der Waals surface area contributed by atoms with Crippen LogP contribution < -0.4 is 0 Å². The van der Waals surface area contributed by atoms with Crippen LogP contribution in [0.3, 0.4) is 0 Å². The lowest BCUT2D eigenvalue weighted by molar-refractivity contribution is 1.09. The summed E-state index contributed by atoms with van der Waals surface area (Å²) in [5.41, 5.74) is 30.1. The Morgan fingerprint density at radius 2 is 0.304 bits per heavy atom. The summed E-state index contributed by atoms with van der Waals surface area (Å²) in [5, 5.41) is 10.1. The Morgan fingerprint density at radius 3 is 0.511 bits per heavy atom. The molecule has 8 bridgehead atoms. The Balaban J connectivity index is 0.803. The molecule has 16 aromatic rings. The number of hydrogen-bond donors (Lipinski definition) is 0. The first-order chi connectivity index (χ1) is 45.5. The van der Waals surface area contributed by atoms with Crippen molar-refractivity contribution in [2.45, 2.75) is 25.7 Å². The molecule has 17 rings (SSSR count). The van der Waals surface area contributed by atoms with Gasteiger partial charge in [-0.3, -0.25) is 0 Å². The van der Waals surface area contributed by atoms with Gasteiger partial charge >= 0.3 is 0 Å². The molecule has 0 aromatic heterocycles. The first-order valence-electron chi connectivity index (χ1n) is 32.3. The third-order valence-corrected chi connectivity index (χ3v) is 19.1. The van der Waals surface area contributed by atoms with Gasteiger partial charge in [0, 0.05) is 0 Å². The van der Waals surface area contributed by atoms with Gasteiger partial charge in [0.15, 0.2) is 0 Å². The van der Waals surface area contributed by atoms with E-state index in [1.165, 1.54) is 177 Å². The lowest BCUT2D eigenvalue weighted by atomic mass is 9.87. The molecule has 0 nitrogen and oxygen atoms in total. The molecule has 0 fully saturated rings. The van der Waals surface area contributed by atoms with Crippen LogP contribution in [-0.2, 0) is 25.7 Å². The molecule has 92 heavy (non-hydrogen) atoms. The van der Waals surface area contributed by atoms with Crippen LogP contribution in [0.1, 0.15) is 44.5 Å². The predicted molar refractivity (Wildman–Crippen MR) is 391 cm³/mol. The monoisotopic (exact) mass is 1170 g/mol. The van der Waals surface area contributed by atoms with Gasteiger partial charge in [-0.25, -0.2) is 0 Å². The summed E-state index contributed by atoms with van der Waals surface area (Å²) in [7, 11) is 0. The minimum absolute atomic E-state index is 0.784. The minimum Gasteiger partial charge on any atom is -0.0616 e. The summed E-state index contributed by atoms with van der Waals surface area (Å²) in [6.07, 6.45) is 3.14. The van der Waals surface area contributed by atoms with Crippen LogP contribution in [0.4, 0.5) is 0 Å². The third kappa shape index (κ3) is 10.9. The summed E-state index contributed by atoms with van der Waals surface area (Å²) in [5.74, 6) is 0. The average molecular weight is 1170 g/mol. The number of hydrogen-bond acceptors (Lipinski definition) is 0. The molecule has 0 heterocycles. The van der Waals surface area contributed by atoms with Gasteiger partial charge in [0.2, 0.25) is 0 Å². The molecule has 0 heteroatoms. The molecular formula is C92H64. The molecule has 1 aliphatic rings. The summed E-state index contributed by atoms with van der Waals surface area (Å²) in [6, 6.07) is 128. The van der Waals surface area contributed by atoms with Gasteiger partial charge in [0.05, 0.1) is 0 Å². The molecule has 1 aliphatic carbocycles. The average Bonchev–Trinajstić information content (AvgIpc) is 1.67. The second kappa shape index (κ2) is 23.5. The van der Waals surface area contributed by atoms with Gasteiger partial charge in [-0.15, -0.1) is 0 Å². The molecule has 16 aromatic carbocycles. The molecule has 0 saturated heterocycles. The van der Waals surface area contributed by atoms with Crippen molar-refractivity contribution < 1.29 is 0 Å². The normalized spacial score (nSPS) is 12.2. The van der Waals surface area contributed by atoms with E-state index in [4.69, 9.17) is 0 Å². The van der Waals surface area contributed by atoms with Crippen molar-refractivity contribution >= 4 is 43.1 Å². The van der Waals surface area contributed by atoms with Gasteiger partial charge in [0.25, 0.3) is 0 Å². The highest BCUT2D eigenvalue weighted by atomic mass is 14.2. The first kappa shape index (κ1) is 54.7. The van der Waals surface area contributed by atoms with E-state index in [0.29, 0.717) is 0 Å². The van der Waals surface area contributed by atoms with Crippen LogP contribution in [-0.4, -0.2) is 0 Å². The maximum absolute atomic E-state index is 2.48. The first-order valence-corrected chi connectivity index (χ1v) is 32.3. The fourth-order valence-corrected chi connectivity index (χ4v) is 14.8. The molecule has 0 atom stereocenters. The predicted octanol–water partition coefficient (Wildman–Crippen LogP) is 24.3. The minimum atomic E-state index is 0.784. The topological polar surface area (TPSA) is 0 Å². The largest absolute Gasteiger partial charge is 0.0616 e. The fourth-order valence-electron chi connectivity index (χ4n) is 14.8. The fraction of sp³-hybridized carbons (Fsp3) is 0.0435. The van der Waals surface area contributed by atoms with Gasteiger partial charge < -0.3 is 0 Å². The van der Waals surface area contributed by atoms with Crippen molar-refractivity contribution in [3.05, 3.63) is 384 Å². The second-order valence-electron chi connectivity index (χ2n) is 25.3. The van der Waals surface area contributed by atoms with Crippen LogP contribution >= 0.6 is 0 Å². The zero-order valence-electron chi connectivity index (χ0n) is 51.2. The Labute approximate surface area is 538 Å². The second-order valence-corrected chi connectivity index (χ2v) is 25.3. The Kier molecular flexibility index (Phi) is 14.0. The van der Waals surface area contributed by atoms with Crippen LogP contribution in [0.5, 0.6) is 0 Å². The van der Waals surface area contributed by atoms with E-state index < -0.39 is 0 Å². The quantitative estimate of drug-likeness (QED) is 0.142. The Hall–Kier alpha value is -11.4. The zero-order valence-corrected chi connectivity index (χ0v) is 51.2. The van der Waals surface area contributed by atoms with Gasteiger partial charge in [-0.05, 0) is 202 Å². The third-order valence-electron chi connectivity index (χ3n) is 19.1. The smallest absolute Gasteiger partial charge is 0.00251 e. The molecule has 0 amide bonds. The molecule has 0 N–H and O–H groups in total. The SMILES string of the molecule is c1ccc2c(-c3ccc(-c4cc5cc(c4)Cc4cc(cc(-c6ccc(-c7cccc8ccccc78)cc6)c4)Cc4cc(cc(-c6ccc(-c7cccc8ccccc78)cc6)c4)Cc4cc(cc(-c6ccc(-c7cccc8ccccc78)cc6)c4)C5)cc3)cccc2c1. The number of fused-ring (bicyclic) bond motifs is 12. The van der Waals surface area contributed by atoms with Gasteiger partial charge in [-0.1, -0.05) is 340 Å². The number of rotatable bonds is 8. The summed E-state index contributed by atoms with van der Waals surface area (Å²) in [6.45, 7) is 0. The lowest BCUT2D eigenvalue weighted by Gasteiger charge is -2.17. The van der Waals surface area contributed by atoms with Crippen LogP contribution in [0, 0.1) is 0 Å². The standard InChI is InChI=1S/C92H64/c1-5-21-85-73(13-1)17-9-25-89(85)77-37-29-69(30-38-77)81-53-61-45-62(54-81)50-64-47-66(58-83(56-64)71-33-41-79(42-34-71)91-27-11-19-75-15-3-7-23-87(75)91)52-68-48-67(59-84(60-68)72-35-43-80(44-36-72)92-28-12-20-76-16-4-8-24-88(76)92)51-65-46-63(49-61)55-82(57-65)70-31-39-78(40-32-70)90-26-10-18-74-14-2-6-22-86(74)90/h1-48,53-60H,49-52H2. The van der Waals surface area contributed by atoms with E-state index in [-0.39, 0.29) is 0 Å². The molecule has 432 valence electrons. The summed E-state index contributed by atoms with van der Waals surface area (Å²) >= 11 is 0. The molecule has 0 spiro atoms. The molecular weight excluding hydrogens is 1110 g/mol. The van der Waals surface area contributed by atoms with E-state index in [9.17, 15) is 0 Å². The van der Waals surface area contributed by atoms with E-state index in [1.54, 1.807) is 0 Å². The van der Waals surface area contributed by atoms with Gasteiger partial charge in [0.1, 0.15) is 0 Å². The maximum Gasteiger partial charge on any atom is -0.00251 e. The highest BCUT2D eigenvalue weighted by Gasteiger charge is 2.17. The molecule has 0 radical (unpaired) electrons. The molecule has 0 saturated carbocycles. The number of benzene rings is 16. The van der Waals surface area contributed by atoms with Crippen molar-refractivity contribution in [2.24, 2.45) is 0 Å². The van der Waals surface area contributed by atoms with Crippen LogP contribution in [0.25, 0.3) is 132 Å². The van der Waals surface area contributed by atoms with Crippen molar-refractivity contribution in [3.8, 4) is 89.0 Å². The molecule has 0 unspecified atom stereocenters. The van der Waals surface area contributed by atoms with Gasteiger partial charge in [-0.2, -0.15) is 0 Å². The van der Waals surface area contributed by atoms with E-state index in [0.717, 1.165) is 25.7 Å². The van der Waals surface area contributed by atoms with Crippen molar-refractivity contribution in [2.75, 3.05) is 0 Å². The van der Waals surface area contributed by atoms with Crippen LogP contribution in [0.2, 0.25) is 0 Å². The zero-order chi connectivity index (χ0) is 60.9. The summed E-state index contributed by atoms with van der Waals surface area (Å²) < 4.78 is 0. The Morgan fingerprint density at radius 1 is 0.130 bits per heavy atom. The van der Waals surface area contributed by atoms with E-state index in [2.05, 4.69) is 340 Å². The van der Waals surface area contributed by atoms with Crippen molar-refractivity contribution in [3.63, 3.8) is 0 Å². The van der Waals surface area contributed by atoms with E-state index in [1.807, 2.05) is 0 Å². The lowest BCUT2D eigenvalue weighted by Crippen LogP contribution is -2.00. The van der Waals surface area contributed by atoms with Crippen molar-refractivity contribution in [1.82, 2.24) is 0 Å². The van der Waals surface area contributed by atoms with E-state index >= 15 is 0 Å². The molecule has 0 aliphatic heterocycles. The van der Waals surface area contributed by atoms with Crippen molar-refractivity contribution in [1.29, 1.82) is 0 Å². The Bertz CT molecular complexity index is 4680. The maximum atomic E-state index is 2.48. The highest BCUT2D eigenvalue weighted by molar-refractivity contribution is 6.00. The summed E-state index contributed by atoms with van der Waals surface area (Å²) in [4.78, 5) is 0. The highest BCUT2D eigenvalue weighted by Crippen LogP contribution is 2.39. The van der Waals surface area contributed by atoms with Crippen LogP contribution in [0.15, 0.2) is 340 Å².